The lowest BCUT2D eigenvalue weighted by Crippen LogP contribution is -2.39. The monoisotopic (exact) mass is 377 g/mol. The molecule has 0 unspecified atom stereocenters. The highest BCUT2D eigenvalue weighted by Crippen LogP contribution is 2.28. The van der Waals surface area contributed by atoms with Gasteiger partial charge in [-0.25, -0.2) is 4.98 Å². The van der Waals surface area contributed by atoms with Gasteiger partial charge in [-0.1, -0.05) is 0 Å². The van der Waals surface area contributed by atoms with Gasteiger partial charge in [0.2, 0.25) is 5.69 Å². The van der Waals surface area contributed by atoms with Crippen LogP contribution in [0.4, 0.5) is 0 Å². The molecule has 0 aliphatic rings. The fraction of sp³-hybridized carbons (Fsp3) is 0.333. The van der Waals surface area contributed by atoms with E-state index in [0.29, 0.717) is 5.69 Å². The van der Waals surface area contributed by atoms with E-state index < -0.39 is 0 Å². The zero-order valence-electron chi connectivity index (χ0n) is 17.1. The first-order valence-electron chi connectivity index (χ1n) is 9.33. The molecule has 0 atom stereocenters. The average Bonchev–Trinajstić information content (AvgIpc) is 3.28. The van der Waals surface area contributed by atoms with Crippen LogP contribution in [-0.4, -0.2) is 30.6 Å². The van der Waals surface area contributed by atoms with E-state index >= 15 is 0 Å². The number of aromatic amines is 2. The summed E-state index contributed by atoms with van der Waals surface area (Å²) >= 11 is 0. The number of aryl methyl sites for hydroxylation is 1. The number of H-pyrrole nitrogens is 2. The standard InChI is InChI=1S/C21H24N6O/c1-11-12(2)24-25-20(11)18(28)8-15-7-16-9-17(23-21(16)22-10-15)19-13(3)26(5)27(6)14(19)4/h7,9-10H,8H2,1-6H3,(H-,22,23,24,25,28)/p+1. The maximum absolute atomic E-state index is 12.6. The Labute approximate surface area is 163 Å². The van der Waals surface area contributed by atoms with Crippen LogP contribution in [0.5, 0.6) is 0 Å². The van der Waals surface area contributed by atoms with Crippen LogP contribution in [0.25, 0.3) is 22.3 Å². The van der Waals surface area contributed by atoms with E-state index in [0.717, 1.165) is 33.5 Å². The molecular formula is C21H25N6O+. The van der Waals surface area contributed by atoms with Crippen LogP contribution in [-0.2, 0) is 20.5 Å². The molecule has 0 spiro atoms. The number of aromatic nitrogens is 6. The number of hydrogen-bond donors (Lipinski definition) is 2. The third-order valence-electron chi connectivity index (χ3n) is 5.82. The Morgan fingerprint density at radius 2 is 1.96 bits per heavy atom. The van der Waals surface area contributed by atoms with Gasteiger partial charge in [0, 0.05) is 36.2 Å². The second kappa shape index (κ2) is 6.44. The van der Waals surface area contributed by atoms with Crippen LogP contribution in [0.3, 0.4) is 0 Å². The molecule has 0 saturated heterocycles. The Morgan fingerprint density at radius 3 is 2.57 bits per heavy atom. The molecule has 4 heterocycles. The molecule has 0 amide bonds. The highest BCUT2D eigenvalue weighted by Gasteiger charge is 2.23. The molecule has 0 aromatic carbocycles. The largest absolute Gasteiger partial charge is 0.339 e. The third-order valence-corrected chi connectivity index (χ3v) is 5.82. The summed E-state index contributed by atoms with van der Waals surface area (Å²) in [6, 6.07) is 4.14. The molecule has 2 N–H and O–H groups in total. The second-order valence-corrected chi connectivity index (χ2v) is 7.48. The van der Waals surface area contributed by atoms with E-state index in [2.05, 4.69) is 63.5 Å². The lowest BCUT2D eigenvalue weighted by Gasteiger charge is -2.00. The summed E-state index contributed by atoms with van der Waals surface area (Å²) in [6.07, 6.45) is 2.05. The summed E-state index contributed by atoms with van der Waals surface area (Å²) in [5.74, 6) is 0.000493. The summed E-state index contributed by atoms with van der Waals surface area (Å²) in [6.45, 7) is 8.05. The molecule has 4 aromatic rings. The summed E-state index contributed by atoms with van der Waals surface area (Å²) in [4.78, 5) is 20.6. The minimum atomic E-state index is 0.000493. The first-order valence-corrected chi connectivity index (χ1v) is 9.33. The van der Waals surface area contributed by atoms with Crippen molar-refractivity contribution in [2.75, 3.05) is 0 Å². The van der Waals surface area contributed by atoms with Gasteiger partial charge >= 0.3 is 0 Å². The molecule has 7 nitrogen and oxygen atoms in total. The van der Waals surface area contributed by atoms with E-state index in [1.54, 1.807) is 6.20 Å². The van der Waals surface area contributed by atoms with Crippen molar-refractivity contribution in [1.29, 1.82) is 0 Å². The van der Waals surface area contributed by atoms with Gasteiger partial charge in [0.25, 0.3) is 0 Å². The van der Waals surface area contributed by atoms with Gasteiger partial charge in [-0.2, -0.15) is 9.78 Å². The normalized spacial score (nSPS) is 11.5. The van der Waals surface area contributed by atoms with Crippen LogP contribution >= 0.6 is 0 Å². The van der Waals surface area contributed by atoms with Gasteiger partial charge in [0.05, 0.1) is 24.0 Å². The van der Waals surface area contributed by atoms with E-state index in [9.17, 15) is 4.79 Å². The first kappa shape index (κ1) is 18.2. The Kier molecular flexibility index (Phi) is 4.18. The molecule has 0 fully saturated rings. The Balaban J connectivity index is 1.68. The number of carbonyl (C=O) groups is 1. The smallest absolute Gasteiger partial charge is 0.214 e. The lowest BCUT2D eigenvalue weighted by molar-refractivity contribution is -0.756. The van der Waals surface area contributed by atoms with Crippen molar-refractivity contribution in [3.8, 4) is 11.3 Å². The Hall–Kier alpha value is -3.22. The van der Waals surface area contributed by atoms with Crippen molar-refractivity contribution < 1.29 is 9.48 Å². The highest BCUT2D eigenvalue weighted by molar-refractivity contribution is 5.97. The molecule has 4 aromatic heterocycles. The van der Waals surface area contributed by atoms with Crippen molar-refractivity contribution in [1.82, 2.24) is 24.8 Å². The molecule has 7 heteroatoms. The number of nitrogens with one attached hydrogen (secondary N) is 2. The third kappa shape index (κ3) is 2.74. The maximum Gasteiger partial charge on any atom is 0.214 e. The number of nitrogens with zero attached hydrogens (tertiary/aromatic N) is 4. The number of pyridine rings is 1. The average molecular weight is 377 g/mol. The summed E-state index contributed by atoms with van der Waals surface area (Å²) in [5.41, 5.74) is 8.64. The Morgan fingerprint density at radius 1 is 1.21 bits per heavy atom. The molecule has 0 radical (unpaired) electrons. The number of fused-ring (bicyclic) bond motifs is 1. The van der Waals surface area contributed by atoms with Crippen molar-refractivity contribution in [2.45, 2.75) is 34.1 Å². The van der Waals surface area contributed by atoms with E-state index in [4.69, 9.17) is 0 Å². The minimum Gasteiger partial charge on any atom is -0.339 e. The second-order valence-electron chi connectivity index (χ2n) is 7.48. The van der Waals surface area contributed by atoms with Crippen molar-refractivity contribution in [3.05, 3.63) is 52.2 Å². The topological polar surface area (TPSA) is 83.2 Å². The van der Waals surface area contributed by atoms with Crippen LogP contribution in [0.2, 0.25) is 0 Å². The van der Waals surface area contributed by atoms with Crippen LogP contribution in [0, 0.1) is 27.7 Å². The van der Waals surface area contributed by atoms with E-state index in [1.165, 1.54) is 17.0 Å². The van der Waals surface area contributed by atoms with E-state index in [-0.39, 0.29) is 12.2 Å². The van der Waals surface area contributed by atoms with Gasteiger partial charge in [0.15, 0.2) is 12.8 Å². The Bertz CT molecular complexity index is 1200. The van der Waals surface area contributed by atoms with Crippen LogP contribution < -0.4 is 4.68 Å². The zero-order chi connectivity index (χ0) is 20.2. The van der Waals surface area contributed by atoms with Crippen molar-refractivity contribution in [3.63, 3.8) is 0 Å². The number of hydrogen-bond acceptors (Lipinski definition) is 3. The van der Waals surface area contributed by atoms with Crippen LogP contribution in [0.1, 0.15) is 38.7 Å². The fourth-order valence-corrected chi connectivity index (χ4v) is 3.74. The first-order chi connectivity index (χ1) is 13.3. The van der Waals surface area contributed by atoms with E-state index in [1.807, 2.05) is 19.9 Å². The molecular weight excluding hydrogens is 352 g/mol. The van der Waals surface area contributed by atoms with Gasteiger partial charge in [-0.15, -0.1) is 4.68 Å². The minimum absolute atomic E-state index is 0.000493. The summed E-state index contributed by atoms with van der Waals surface area (Å²) < 4.78 is 4.25. The predicted octanol–water partition coefficient (Wildman–Crippen LogP) is 2.78. The van der Waals surface area contributed by atoms with Gasteiger partial charge in [0.1, 0.15) is 11.3 Å². The zero-order valence-corrected chi connectivity index (χ0v) is 17.1. The van der Waals surface area contributed by atoms with Gasteiger partial charge < -0.3 is 4.98 Å². The van der Waals surface area contributed by atoms with Crippen molar-refractivity contribution in [2.24, 2.45) is 14.1 Å². The fourth-order valence-electron chi connectivity index (χ4n) is 3.74. The van der Waals surface area contributed by atoms with Gasteiger partial charge in [-0.05, 0) is 38.5 Å². The molecule has 28 heavy (non-hydrogen) atoms. The summed E-state index contributed by atoms with van der Waals surface area (Å²) in [5, 5.41) is 8.02. The lowest BCUT2D eigenvalue weighted by atomic mass is 10.0. The predicted molar refractivity (Wildman–Crippen MR) is 107 cm³/mol. The highest BCUT2D eigenvalue weighted by atomic mass is 16.1. The number of Topliss-reactive ketones (excluding diaryl/α,β-unsaturated/α-hetero) is 1. The van der Waals surface area contributed by atoms with Gasteiger partial charge in [-0.3, -0.25) is 9.89 Å². The van der Waals surface area contributed by atoms with Crippen LogP contribution in [0.15, 0.2) is 18.3 Å². The van der Waals surface area contributed by atoms with Crippen molar-refractivity contribution >= 4 is 16.8 Å². The molecule has 0 aliphatic carbocycles. The number of rotatable bonds is 4. The maximum atomic E-state index is 12.6. The molecule has 0 aliphatic heterocycles. The molecule has 0 saturated carbocycles. The SMILES string of the molecule is Cc1[nH]nc(C(=O)Cc2cnc3[nH]c(-c4c(C)n(C)[n+](C)c4C)cc3c2)c1C. The number of carbonyl (C=O) groups excluding carboxylic acids is 1. The quantitative estimate of drug-likeness (QED) is 0.424. The molecule has 4 rings (SSSR count). The molecule has 144 valence electrons. The molecule has 0 bridgehead atoms. The number of ketones is 1. The summed E-state index contributed by atoms with van der Waals surface area (Å²) in [7, 11) is 4.10.